The van der Waals surface area contributed by atoms with E-state index in [-0.39, 0.29) is 17.9 Å². The van der Waals surface area contributed by atoms with Crippen LogP contribution in [0.15, 0.2) is 22.7 Å². The molecule has 0 unspecified atom stereocenters. The molecule has 0 atom stereocenters. The molecule has 0 saturated carbocycles. The summed E-state index contributed by atoms with van der Waals surface area (Å²) in [7, 11) is 0. The van der Waals surface area contributed by atoms with Crippen LogP contribution in [0.2, 0.25) is 0 Å². The minimum atomic E-state index is -0.972. The highest BCUT2D eigenvalue weighted by Crippen LogP contribution is 2.26. The molecule has 20 heavy (non-hydrogen) atoms. The second-order valence-corrected chi connectivity index (χ2v) is 5.55. The van der Waals surface area contributed by atoms with Gasteiger partial charge in [-0.15, -0.1) is 0 Å². The summed E-state index contributed by atoms with van der Waals surface area (Å²) in [4.78, 5) is 23.3. The summed E-state index contributed by atoms with van der Waals surface area (Å²) < 4.78 is 0.661. The molecule has 0 heterocycles. The van der Waals surface area contributed by atoms with Gasteiger partial charge in [-0.3, -0.25) is 9.59 Å². The number of aromatic hydroxyl groups is 1. The van der Waals surface area contributed by atoms with E-state index in [1.165, 1.54) is 12.1 Å². The third kappa shape index (κ3) is 3.50. The van der Waals surface area contributed by atoms with Gasteiger partial charge in [-0.25, -0.2) is 0 Å². The normalized spacial score (nSPS) is 11.2. The number of hydrogen-bond donors (Lipinski definition) is 3. The van der Waals surface area contributed by atoms with Crippen molar-refractivity contribution in [1.29, 1.82) is 0 Å². The molecule has 0 aliphatic carbocycles. The summed E-state index contributed by atoms with van der Waals surface area (Å²) in [5.41, 5.74) is -0.847. The van der Waals surface area contributed by atoms with Crippen molar-refractivity contribution in [2.45, 2.75) is 26.7 Å². The maximum absolute atomic E-state index is 12.0. The largest absolute Gasteiger partial charge is 0.507 e. The molecule has 0 saturated heterocycles. The van der Waals surface area contributed by atoms with E-state index >= 15 is 0 Å². The van der Waals surface area contributed by atoms with Crippen LogP contribution in [-0.2, 0) is 4.79 Å². The molecular formula is C14H18BrNO4. The summed E-state index contributed by atoms with van der Waals surface area (Å²) in [6, 6.07) is 4.53. The van der Waals surface area contributed by atoms with Gasteiger partial charge in [0.25, 0.3) is 5.91 Å². The lowest BCUT2D eigenvalue weighted by Crippen LogP contribution is -2.42. The molecule has 0 aliphatic heterocycles. The number of rotatable bonds is 6. The fourth-order valence-electron chi connectivity index (χ4n) is 1.92. The smallest absolute Gasteiger partial charge is 0.311 e. The number of hydrogen-bond acceptors (Lipinski definition) is 3. The first kappa shape index (κ1) is 16.5. The molecule has 0 spiro atoms. The Labute approximate surface area is 126 Å². The van der Waals surface area contributed by atoms with Crippen molar-refractivity contribution in [3.8, 4) is 5.75 Å². The molecule has 110 valence electrons. The average molecular weight is 344 g/mol. The Bertz CT molecular complexity index is 512. The number of carboxylic acid groups (broad SMARTS) is 1. The van der Waals surface area contributed by atoms with E-state index in [0.717, 1.165) is 0 Å². The summed E-state index contributed by atoms with van der Waals surface area (Å²) in [6.45, 7) is 3.59. The van der Waals surface area contributed by atoms with E-state index in [2.05, 4.69) is 21.2 Å². The third-order valence-electron chi connectivity index (χ3n) is 3.60. The number of benzene rings is 1. The highest BCUT2D eigenvalue weighted by atomic mass is 79.9. The van der Waals surface area contributed by atoms with E-state index in [1.807, 2.05) is 0 Å². The lowest BCUT2D eigenvalue weighted by molar-refractivity contribution is -0.149. The number of carbonyl (C=O) groups excluding carboxylic acids is 1. The minimum Gasteiger partial charge on any atom is -0.507 e. The van der Waals surface area contributed by atoms with E-state index in [4.69, 9.17) is 0 Å². The Morgan fingerprint density at radius 2 is 1.90 bits per heavy atom. The van der Waals surface area contributed by atoms with Crippen molar-refractivity contribution in [1.82, 2.24) is 5.32 Å². The number of carboxylic acids is 1. The molecule has 0 bridgehead atoms. The number of nitrogens with one attached hydrogen (secondary N) is 1. The number of phenolic OH excluding ortho intramolecular Hbond substituents is 1. The average Bonchev–Trinajstić information content (AvgIpc) is 2.39. The van der Waals surface area contributed by atoms with Crippen molar-refractivity contribution in [3.05, 3.63) is 28.2 Å². The SMILES string of the molecule is CCC(CC)(CNC(=O)c1ccc(Br)cc1O)C(=O)O. The van der Waals surface area contributed by atoms with Crippen LogP contribution in [0.5, 0.6) is 5.75 Å². The molecule has 6 heteroatoms. The van der Waals surface area contributed by atoms with Crippen LogP contribution in [0, 0.1) is 5.41 Å². The zero-order valence-corrected chi connectivity index (χ0v) is 13.0. The molecule has 1 aromatic carbocycles. The monoisotopic (exact) mass is 343 g/mol. The number of aliphatic carboxylic acids is 1. The first-order valence-electron chi connectivity index (χ1n) is 6.36. The minimum absolute atomic E-state index is 0.0314. The molecule has 1 aromatic rings. The standard InChI is InChI=1S/C14H18BrNO4/c1-3-14(4-2,13(19)20)8-16-12(18)10-6-5-9(15)7-11(10)17/h5-7,17H,3-4,8H2,1-2H3,(H,16,18)(H,19,20). The summed E-state index contributed by atoms with van der Waals surface area (Å²) in [5.74, 6) is -1.56. The van der Waals surface area contributed by atoms with Gasteiger partial charge in [0.2, 0.25) is 0 Å². The molecule has 1 rings (SSSR count). The Morgan fingerprint density at radius 3 is 2.35 bits per heavy atom. The van der Waals surface area contributed by atoms with Gasteiger partial charge in [0, 0.05) is 11.0 Å². The molecule has 1 amide bonds. The first-order chi connectivity index (χ1) is 9.36. The van der Waals surface area contributed by atoms with E-state index in [9.17, 15) is 19.8 Å². The fourth-order valence-corrected chi connectivity index (χ4v) is 2.27. The Morgan fingerprint density at radius 1 is 1.30 bits per heavy atom. The third-order valence-corrected chi connectivity index (χ3v) is 4.09. The molecule has 0 radical (unpaired) electrons. The van der Waals surface area contributed by atoms with Crippen LogP contribution in [0.25, 0.3) is 0 Å². The number of halogens is 1. The summed E-state index contributed by atoms with van der Waals surface area (Å²) in [5, 5.41) is 21.6. The lowest BCUT2D eigenvalue weighted by atomic mass is 9.82. The van der Waals surface area contributed by atoms with Crippen LogP contribution in [0.1, 0.15) is 37.0 Å². The van der Waals surface area contributed by atoms with E-state index < -0.39 is 17.3 Å². The first-order valence-corrected chi connectivity index (χ1v) is 7.15. The zero-order chi connectivity index (χ0) is 15.3. The van der Waals surface area contributed by atoms with Gasteiger partial charge >= 0.3 is 5.97 Å². The van der Waals surface area contributed by atoms with Crippen LogP contribution >= 0.6 is 15.9 Å². The molecule has 3 N–H and O–H groups in total. The quantitative estimate of drug-likeness (QED) is 0.741. The van der Waals surface area contributed by atoms with Crippen LogP contribution in [0.3, 0.4) is 0 Å². The highest BCUT2D eigenvalue weighted by Gasteiger charge is 2.35. The summed E-state index contributed by atoms with van der Waals surface area (Å²) >= 11 is 3.19. The maximum atomic E-state index is 12.0. The maximum Gasteiger partial charge on any atom is 0.311 e. The lowest BCUT2D eigenvalue weighted by Gasteiger charge is -2.26. The topological polar surface area (TPSA) is 86.6 Å². The van der Waals surface area contributed by atoms with Gasteiger partial charge in [0.1, 0.15) is 5.75 Å². The molecule has 0 fully saturated rings. The molecular weight excluding hydrogens is 326 g/mol. The van der Waals surface area contributed by atoms with Gasteiger partial charge in [0.15, 0.2) is 0 Å². The van der Waals surface area contributed by atoms with Crippen LogP contribution < -0.4 is 5.32 Å². The van der Waals surface area contributed by atoms with Crippen LogP contribution in [-0.4, -0.2) is 28.6 Å². The highest BCUT2D eigenvalue weighted by molar-refractivity contribution is 9.10. The molecule has 0 aliphatic rings. The van der Waals surface area contributed by atoms with E-state index in [1.54, 1.807) is 19.9 Å². The number of amides is 1. The Kier molecular flexibility index (Phi) is 5.56. The molecule has 0 aromatic heterocycles. The van der Waals surface area contributed by atoms with Gasteiger partial charge in [-0.05, 0) is 31.0 Å². The van der Waals surface area contributed by atoms with Crippen LogP contribution in [0.4, 0.5) is 0 Å². The van der Waals surface area contributed by atoms with Crippen molar-refractivity contribution in [2.75, 3.05) is 6.54 Å². The predicted octanol–water partition coefficient (Wildman–Crippen LogP) is 2.78. The summed E-state index contributed by atoms with van der Waals surface area (Å²) in [6.07, 6.45) is 0.844. The molecule has 5 nitrogen and oxygen atoms in total. The second-order valence-electron chi connectivity index (χ2n) is 4.64. The van der Waals surface area contributed by atoms with Crippen molar-refractivity contribution in [3.63, 3.8) is 0 Å². The fraction of sp³-hybridized carbons (Fsp3) is 0.429. The van der Waals surface area contributed by atoms with E-state index in [0.29, 0.717) is 17.3 Å². The second kappa shape index (κ2) is 6.74. The van der Waals surface area contributed by atoms with Crippen molar-refractivity contribution < 1.29 is 19.8 Å². The number of phenols is 1. The Hall–Kier alpha value is -1.56. The van der Waals surface area contributed by atoms with Gasteiger partial charge in [-0.1, -0.05) is 29.8 Å². The van der Waals surface area contributed by atoms with Crippen molar-refractivity contribution in [2.24, 2.45) is 5.41 Å². The zero-order valence-electron chi connectivity index (χ0n) is 11.4. The van der Waals surface area contributed by atoms with Crippen molar-refractivity contribution >= 4 is 27.8 Å². The van der Waals surface area contributed by atoms with Gasteiger partial charge < -0.3 is 15.5 Å². The predicted molar refractivity (Wildman–Crippen MR) is 78.8 cm³/mol. The van der Waals surface area contributed by atoms with Gasteiger partial charge in [-0.2, -0.15) is 0 Å². The number of carbonyl (C=O) groups is 2. The Balaban J connectivity index is 2.83. The van der Waals surface area contributed by atoms with Gasteiger partial charge in [0.05, 0.1) is 11.0 Å².